The molecule has 0 amide bonds. The molecule has 1 N–H and O–H groups in total. The van der Waals surface area contributed by atoms with Crippen molar-refractivity contribution >= 4 is 9.68 Å². The predicted octanol–water partition coefficient (Wildman–Crippen LogP) is 1.99. The average Bonchev–Trinajstić information content (AvgIpc) is 1.87. The van der Waals surface area contributed by atoms with Crippen LogP contribution in [-0.2, 0) is 0 Å². The van der Waals surface area contributed by atoms with Gasteiger partial charge in [-0.1, -0.05) is 18.6 Å². The third-order valence-corrected chi connectivity index (χ3v) is 2.02. The molecule has 0 unspecified atom stereocenters. The van der Waals surface area contributed by atoms with Crippen molar-refractivity contribution < 1.29 is 0 Å². The van der Waals surface area contributed by atoms with Gasteiger partial charge in [-0.2, -0.15) is 0 Å². The van der Waals surface area contributed by atoms with E-state index in [-0.39, 0.29) is 0 Å². The van der Waals surface area contributed by atoms with Crippen molar-refractivity contribution in [3.63, 3.8) is 0 Å². The first kappa shape index (κ1) is 9.92. The molecule has 1 nitrogen and oxygen atoms in total. The van der Waals surface area contributed by atoms with Crippen molar-refractivity contribution in [3.8, 4) is 0 Å². The molecule has 0 aromatic carbocycles. The Kier molecular flexibility index (Phi) is 6.97. The zero-order chi connectivity index (χ0) is 7.82. The lowest BCUT2D eigenvalue weighted by Gasteiger charge is -1.96. The maximum atomic E-state index is 3.37. The summed E-state index contributed by atoms with van der Waals surface area (Å²) in [5.41, 5.74) is 1.42. The second-order valence-electron chi connectivity index (χ2n) is 2.59. The third-order valence-electron chi connectivity index (χ3n) is 1.11. The van der Waals surface area contributed by atoms with Gasteiger partial charge in [-0.25, -0.2) is 0 Å². The maximum Gasteiger partial charge on any atom is 0.143 e. The van der Waals surface area contributed by atoms with Crippen LogP contribution in [0.4, 0.5) is 0 Å². The normalized spacial score (nSPS) is 9.50. The van der Waals surface area contributed by atoms with Gasteiger partial charge in [0.1, 0.15) is 9.68 Å². The molecule has 0 aromatic rings. The SMILES string of the molecule is CCCN[Si]CC=C(C)C. The van der Waals surface area contributed by atoms with E-state index < -0.39 is 0 Å². The lowest BCUT2D eigenvalue weighted by molar-refractivity contribution is 0.859. The van der Waals surface area contributed by atoms with Crippen LogP contribution in [0.1, 0.15) is 27.2 Å². The first-order chi connectivity index (χ1) is 4.77. The molecule has 0 aromatic heterocycles. The molecule has 58 valence electrons. The minimum atomic E-state index is 0.905. The minimum Gasteiger partial charge on any atom is -0.339 e. The zero-order valence-electron chi connectivity index (χ0n) is 7.20. The standard InChI is InChI=1S/C8H17NSi/c1-4-6-9-10-7-5-8(2)3/h5,9H,4,6-7H2,1-3H3. The topological polar surface area (TPSA) is 12.0 Å². The second kappa shape index (κ2) is 7.03. The van der Waals surface area contributed by atoms with Gasteiger partial charge in [-0.05, 0) is 32.9 Å². The maximum absolute atomic E-state index is 3.37. The van der Waals surface area contributed by atoms with Gasteiger partial charge in [0, 0.05) is 0 Å². The van der Waals surface area contributed by atoms with Crippen LogP contribution in [0.5, 0.6) is 0 Å². The highest BCUT2D eigenvalue weighted by molar-refractivity contribution is 6.32. The van der Waals surface area contributed by atoms with Crippen LogP contribution in [0.2, 0.25) is 6.04 Å². The summed E-state index contributed by atoms with van der Waals surface area (Å²) in [6.07, 6.45) is 3.52. The van der Waals surface area contributed by atoms with Gasteiger partial charge in [0.05, 0.1) is 0 Å². The Bertz CT molecular complexity index is 95.4. The summed E-state index contributed by atoms with van der Waals surface area (Å²) in [5, 5.41) is 0. The fourth-order valence-electron chi connectivity index (χ4n) is 0.541. The first-order valence-electron chi connectivity index (χ1n) is 3.86. The summed E-state index contributed by atoms with van der Waals surface area (Å²) < 4.78 is 0. The lowest BCUT2D eigenvalue weighted by atomic mass is 10.3. The van der Waals surface area contributed by atoms with Crippen LogP contribution in [0.25, 0.3) is 0 Å². The molecule has 0 fully saturated rings. The van der Waals surface area contributed by atoms with E-state index >= 15 is 0 Å². The van der Waals surface area contributed by atoms with Crippen LogP contribution in [0, 0.1) is 0 Å². The Morgan fingerprint density at radius 3 is 2.70 bits per heavy atom. The summed E-state index contributed by atoms with van der Waals surface area (Å²) >= 11 is 0. The van der Waals surface area contributed by atoms with E-state index in [1.54, 1.807) is 0 Å². The van der Waals surface area contributed by atoms with Crippen LogP contribution in [0.15, 0.2) is 11.6 Å². The molecule has 2 heteroatoms. The Balaban J connectivity index is 2.98. The molecular weight excluding hydrogens is 138 g/mol. The lowest BCUT2D eigenvalue weighted by Crippen LogP contribution is -2.18. The zero-order valence-corrected chi connectivity index (χ0v) is 8.20. The Morgan fingerprint density at radius 1 is 1.50 bits per heavy atom. The van der Waals surface area contributed by atoms with Crippen molar-refractivity contribution in [2.24, 2.45) is 0 Å². The molecule has 0 bridgehead atoms. The van der Waals surface area contributed by atoms with Gasteiger partial charge in [0.25, 0.3) is 0 Å². The molecule has 0 rings (SSSR count). The predicted molar refractivity (Wildman–Crippen MR) is 48.3 cm³/mol. The third kappa shape index (κ3) is 7.92. The van der Waals surface area contributed by atoms with Gasteiger partial charge in [-0.3, -0.25) is 0 Å². The van der Waals surface area contributed by atoms with Crippen LogP contribution in [0.3, 0.4) is 0 Å². The Hall–Kier alpha value is -0.0831. The molecule has 0 aliphatic rings. The average molecular weight is 155 g/mol. The molecule has 0 saturated carbocycles. The second-order valence-corrected chi connectivity index (χ2v) is 3.70. The van der Waals surface area contributed by atoms with E-state index in [4.69, 9.17) is 0 Å². The number of hydrogen-bond donors (Lipinski definition) is 1. The molecule has 10 heavy (non-hydrogen) atoms. The summed E-state index contributed by atoms with van der Waals surface area (Å²) in [5.74, 6) is 0. The quantitative estimate of drug-likeness (QED) is 0.364. The number of allylic oxidation sites excluding steroid dienone is 2. The fraction of sp³-hybridized carbons (Fsp3) is 0.750. The van der Waals surface area contributed by atoms with E-state index in [0.29, 0.717) is 0 Å². The highest BCUT2D eigenvalue weighted by atomic mass is 28.2. The van der Waals surface area contributed by atoms with Crippen LogP contribution < -0.4 is 4.98 Å². The largest absolute Gasteiger partial charge is 0.339 e. The molecule has 2 radical (unpaired) electrons. The highest BCUT2D eigenvalue weighted by Crippen LogP contribution is 1.90. The molecule has 0 atom stereocenters. The van der Waals surface area contributed by atoms with E-state index in [1.165, 1.54) is 18.0 Å². The summed E-state index contributed by atoms with van der Waals surface area (Å²) in [4.78, 5) is 3.37. The van der Waals surface area contributed by atoms with Gasteiger partial charge >= 0.3 is 0 Å². The van der Waals surface area contributed by atoms with E-state index in [1.807, 2.05) is 0 Å². The van der Waals surface area contributed by atoms with Gasteiger partial charge in [0.2, 0.25) is 0 Å². The molecule has 0 heterocycles. The molecule has 0 spiro atoms. The smallest absolute Gasteiger partial charge is 0.143 e. The molecular formula is C8H17NSi. The summed E-state index contributed by atoms with van der Waals surface area (Å²) in [6, 6.07) is 1.20. The Morgan fingerprint density at radius 2 is 2.20 bits per heavy atom. The minimum absolute atomic E-state index is 0.905. The Labute approximate surface area is 66.8 Å². The van der Waals surface area contributed by atoms with Gasteiger partial charge in [-0.15, -0.1) is 0 Å². The van der Waals surface area contributed by atoms with Crippen LogP contribution >= 0.6 is 0 Å². The van der Waals surface area contributed by atoms with E-state index in [2.05, 4.69) is 31.8 Å². The van der Waals surface area contributed by atoms with E-state index in [9.17, 15) is 0 Å². The van der Waals surface area contributed by atoms with Crippen LogP contribution in [-0.4, -0.2) is 16.2 Å². The number of nitrogens with one attached hydrogen (secondary N) is 1. The van der Waals surface area contributed by atoms with E-state index in [0.717, 1.165) is 16.2 Å². The molecule has 0 aliphatic heterocycles. The van der Waals surface area contributed by atoms with Gasteiger partial charge in [0.15, 0.2) is 0 Å². The van der Waals surface area contributed by atoms with Crippen molar-refractivity contribution in [3.05, 3.63) is 11.6 Å². The fourth-order valence-corrected chi connectivity index (χ4v) is 1.62. The van der Waals surface area contributed by atoms with Crippen molar-refractivity contribution in [2.45, 2.75) is 33.2 Å². The summed E-state index contributed by atoms with van der Waals surface area (Å²) in [7, 11) is 0.905. The van der Waals surface area contributed by atoms with Gasteiger partial charge < -0.3 is 4.98 Å². The van der Waals surface area contributed by atoms with Crippen molar-refractivity contribution in [1.82, 2.24) is 4.98 Å². The summed E-state index contributed by atoms with van der Waals surface area (Å²) in [6.45, 7) is 7.64. The molecule has 0 aliphatic carbocycles. The van der Waals surface area contributed by atoms with Crippen molar-refractivity contribution in [2.75, 3.05) is 6.54 Å². The number of hydrogen-bond acceptors (Lipinski definition) is 1. The van der Waals surface area contributed by atoms with Crippen molar-refractivity contribution in [1.29, 1.82) is 0 Å². The first-order valence-corrected chi connectivity index (χ1v) is 5.07. The molecule has 0 saturated heterocycles. The monoisotopic (exact) mass is 155 g/mol. The number of rotatable bonds is 5. The highest BCUT2D eigenvalue weighted by Gasteiger charge is 1.84.